The van der Waals surface area contributed by atoms with Crippen molar-refractivity contribution in [2.24, 2.45) is 0 Å². The van der Waals surface area contributed by atoms with E-state index in [1.807, 2.05) is 0 Å². The van der Waals surface area contributed by atoms with E-state index in [0.29, 0.717) is 0 Å². The van der Waals surface area contributed by atoms with E-state index in [1.54, 1.807) is 0 Å². The maximum atomic E-state index is 10.5. The molecule has 0 N–H and O–H groups in total. The smallest absolute Gasteiger partial charge is 0.164 e. The molecule has 2 heteroatoms. The van der Waals surface area contributed by atoms with Crippen LogP contribution in [0, 0.1) is 6.88 Å². The van der Waals surface area contributed by atoms with E-state index in [0.717, 1.165) is 0 Å². The molecule has 0 saturated heterocycles. The van der Waals surface area contributed by atoms with Gasteiger partial charge in [0.1, 0.15) is 0 Å². The van der Waals surface area contributed by atoms with Gasteiger partial charge in [-0.3, -0.25) is 11.7 Å². The Labute approximate surface area is 46.9 Å². The molecule has 0 saturated carbocycles. The van der Waals surface area contributed by atoms with E-state index in [2.05, 4.69) is 4.74 Å². The van der Waals surface area contributed by atoms with Crippen LogP contribution in [0.5, 0.6) is 0 Å². The molecule has 0 aliphatic rings. The minimum absolute atomic E-state index is 1.30. The van der Waals surface area contributed by atoms with Gasteiger partial charge in [-0.2, -0.15) is 2.74 Å². The summed E-state index contributed by atoms with van der Waals surface area (Å²) in [5.41, 5.74) is 0. The van der Waals surface area contributed by atoms with Gasteiger partial charge >= 0.3 is 0 Å². The molecule has 0 heterocycles. The molecule has 36 valence electrons. The van der Waals surface area contributed by atoms with Gasteiger partial charge in [0.25, 0.3) is 0 Å². The summed E-state index contributed by atoms with van der Waals surface area (Å²) in [6.45, 7) is -7.59. The van der Waals surface area contributed by atoms with Gasteiger partial charge in [0.2, 0.25) is 0 Å². The number of carbonyl (C=O) groups excluding carboxylic acids is 1. The average Bonchev–Trinajstić information content (AvgIpc) is 1.83. The summed E-state index contributed by atoms with van der Waals surface area (Å²) in [5.74, 6) is -1.61. The zero-order valence-corrected chi connectivity index (χ0v) is 2.82. The van der Waals surface area contributed by atoms with Crippen LogP contribution in [0.1, 0.15) is 16.4 Å². The Bertz CT molecular complexity index is 195. The molecule has 0 unspecified atom stereocenters. The van der Waals surface area contributed by atoms with Gasteiger partial charge in [-0.25, -0.2) is 0 Å². The standard InChI is InChI=1S/C4H7O2/c1-3-6-4(2)5/h2-3H2,1H3/q-1/i1D3,2D2,3D2. The van der Waals surface area contributed by atoms with E-state index < -0.39 is 26.3 Å². The van der Waals surface area contributed by atoms with E-state index >= 15 is 0 Å². The molecule has 0 aromatic heterocycles. The van der Waals surface area contributed by atoms with Gasteiger partial charge in [0.15, 0.2) is 5.97 Å². The number of hydrogen-bond acceptors (Lipinski definition) is 2. The Morgan fingerprint density at radius 2 is 3.50 bits per heavy atom. The summed E-state index contributed by atoms with van der Waals surface area (Å²) in [4.78, 5) is 10.5. The molecule has 0 spiro atoms. The summed E-state index contributed by atoms with van der Waals surface area (Å²) in [6.07, 6.45) is 0. The first-order valence-corrected chi connectivity index (χ1v) is 1.11. The average molecular weight is 94.1 g/mol. The Kier molecular flexibility index (Phi) is 0.335. The summed E-state index contributed by atoms with van der Waals surface area (Å²) in [6, 6.07) is 0. The normalized spacial score (nSPS) is 28.3. The van der Waals surface area contributed by atoms with Crippen molar-refractivity contribution in [1.29, 1.82) is 0 Å². The van der Waals surface area contributed by atoms with Crippen molar-refractivity contribution in [3.05, 3.63) is 6.88 Å². The molecule has 0 bridgehead atoms. The van der Waals surface area contributed by atoms with E-state index in [1.165, 1.54) is 0 Å². The molecule has 0 aliphatic carbocycles. The van der Waals surface area contributed by atoms with E-state index in [9.17, 15) is 4.79 Å². The molecule has 0 amide bonds. The maximum absolute atomic E-state index is 10.5. The van der Waals surface area contributed by atoms with Crippen molar-refractivity contribution >= 4 is 5.97 Å². The summed E-state index contributed by atoms with van der Waals surface area (Å²) >= 11 is 0. The first-order chi connectivity index (χ1) is 5.58. The minimum Gasteiger partial charge on any atom is -0.489 e. The lowest BCUT2D eigenvalue weighted by molar-refractivity contribution is -0.137. The Morgan fingerprint density at radius 3 is 4.00 bits per heavy atom. The van der Waals surface area contributed by atoms with Crippen molar-refractivity contribution in [2.45, 2.75) is 6.85 Å². The second-order valence-corrected chi connectivity index (χ2v) is 0.492. The number of rotatable bonds is 2. The van der Waals surface area contributed by atoms with Crippen molar-refractivity contribution < 1.29 is 19.1 Å². The van der Waals surface area contributed by atoms with Crippen LogP contribution in [0.15, 0.2) is 0 Å². The molecular weight excluding hydrogens is 80.0 g/mol. The van der Waals surface area contributed by atoms with Crippen LogP contribution >= 0.6 is 0 Å². The monoisotopic (exact) mass is 94.1 g/mol. The molecule has 0 fully saturated rings. The third-order valence-corrected chi connectivity index (χ3v) is 0.144. The fraction of sp³-hybridized carbons (Fsp3) is 0.500. The summed E-state index contributed by atoms with van der Waals surface area (Å²) in [7, 11) is 0. The van der Waals surface area contributed by atoms with Crippen LogP contribution in [0.2, 0.25) is 0 Å². The SMILES string of the molecule is [2H][C-]([2H])C(=O)OC([2H])([2H])C([2H])([2H])[2H]. The molecule has 0 aromatic rings. The summed E-state index contributed by atoms with van der Waals surface area (Å²) < 4.78 is 50.1. The fourth-order valence-corrected chi connectivity index (χ4v) is 0.0463. The minimum atomic E-state index is -3.17. The van der Waals surface area contributed by atoms with Crippen molar-refractivity contribution in [3.63, 3.8) is 0 Å². The molecule has 0 aliphatic heterocycles. The number of hydrogen-bond donors (Lipinski definition) is 0. The highest BCUT2D eigenvalue weighted by atomic mass is 16.5. The van der Waals surface area contributed by atoms with Crippen LogP contribution in [0.4, 0.5) is 0 Å². The molecule has 0 rings (SSSR count). The van der Waals surface area contributed by atoms with Crippen LogP contribution in [-0.4, -0.2) is 12.5 Å². The number of esters is 1. The van der Waals surface area contributed by atoms with Crippen LogP contribution in [0.25, 0.3) is 0 Å². The van der Waals surface area contributed by atoms with E-state index in [4.69, 9.17) is 9.60 Å². The molecule has 0 radical (unpaired) electrons. The maximum Gasteiger partial charge on any atom is 0.164 e. The van der Waals surface area contributed by atoms with Gasteiger partial charge in [0.05, 0.1) is 9.30 Å². The fourth-order valence-electron chi connectivity index (χ4n) is 0.0463. The van der Waals surface area contributed by atoms with Gasteiger partial charge in [0, 0.05) is 4.11 Å². The zero-order valence-electron chi connectivity index (χ0n) is 9.82. The van der Waals surface area contributed by atoms with Crippen molar-refractivity contribution in [1.82, 2.24) is 0 Å². The van der Waals surface area contributed by atoms with Gasteiger partial charge in [-0.1, -0.05) is 0 Å². The number of ether oxygens (including phenoxy) is 1. The number of carbonyl (C=O) groups is 1. The molecule has 0 atom stereocenters. The molecular formula is C4H7O2-. The lowest BCUT2D eigenvalue weighted by Crippen LogP contribution is -1.95. The highest BCUT2D eigenvalue weighted by molar-refractivity contribution is 5.73. The van der Waals surface area contributed by atoms with Gasteiger partial charge in [-0.05, 0) is 6.85 Å². The highest BCUT2D eigenvalue weighted by Crippen LogP contribution is 1.68. The van der Waals surface area contributed by atoms with Crippen LogP contribution < -0.4 is 0 Å². The Hall–Kier alpha value is -0.660. The van der Waals surface area contributed by atoms with Crippen molar-refractivity contribution in [2.75, 3.05) is 6.56 Å². The predicted molar refractivity (Wildman–Crippen MR) is 22.0 cm³/mol. The van der Waals surface area contributed by atoms with Crippen molar-refractivity contribution in [3.8, 4) is 0 Å². The second kappa shape index (κ2) is 2.57. The topological polar surface area (TPSA) is 26.3 Å². The van der Waals surface area contributed by atoms with E-state index in [-0.39, 0.29) is 0 Å². The first kappa shape index (κ1) is 0.782. The third kappa shape index (κ3) is 3.34. The second-order valence-electron chi connectivity index (χ2n) is 0.492. The quantitative estimate of drug-likeness (QED) is 0.365. The molecule has 2 nitrogen and oxygen atoms in total. The Balaban J connectivity index is 4.44. The highest BCUT2D eigenvalue weighted by Gasteiger charge is 1.71. The van der Waals surface area contributed by atoms with Gasteiger partial charge in [-0.15, -0.1) is 0 Å². The largest absolute Gasteiger partial charge is 0.489 e. The molecule has 0 aromatic carbocycles. The lowest BCUT2D eigenvalue weighted by Gasteiger charge is -1.96. The van der Waals surface area contributed by atoms with Crippen LogP contribution in [0.3, 0.4) is 0 Å². The predicted octanol–water partition coefficient (Wildman–Crippen LogP) is 0.384. The molecule has 6 heavy (non-hydrogen) atoms. The van der Waals surface area contributed by atoms with Gasteiger partial charge < -0.3 is 4.74 Å². The summed E-state index contributed by atoms with van der Waals surface area (Å²) in [5, 5.41) is 0. The zero-order chi connectivity index (χ0) is 10.9. The Morgan fingerprint density at radius 1 is 2.67 bits per heavy atom. The third-order valence-electron chi connectivity index (χ3n) is 0.144. The first-order valence-electron chi connectivity index (χ1n) is 4.61. The lowest BCUT2D eigenvalue weighted by atomic mass is 10.8. The van der Waals surface area contributed by atoms with Crippen LogP contribution in [-0.2, 0) is 9.53 Å².